The SMILES string of the molecule is C1=CC(c2nc(-c3ccccc3)nc(-c3cccc4oc5cc(-c6cc7oc8ccccc8c7c7ccccc67)ccc5c34)n2)=CCC1. The van der Waals surface area contributed by atoms with Crippen molar-refractivity contribution in [1.82, 2.24) is 15.0 Å². The lowest BCUT2D eigenvalue weighted by atomic mass is 9.94. The number of aromatic nitrogens is 3. The summed E-state index contributed by atoms with van der Waals surface area (Å²) in [5.41, 5.74) is 8.40. The Morgan fingerprint density at radius 2 is 1.17 bits per heavy atom. The molecule has 0 bridgehead atoms. The average Bonchev–Trinajstić information content (AvgIpc) is 3.73. The van der Waals surface area contributed by atoms with E-state index in [9.17, 15) is 0 Å². The van der Waals surface area contributed by atoms with Crippen LogP contribution in [0.5, 0.6) is 0 Å². The summed E-state index contributed by atoms with van der Waals surface area (Å²) in [7, 11) is 0. The highest BCUT2D eigenvalue weighted by Gasteiger charge is 2.20. The van der Waals surface area contributed by atoms with Crippen LogP contribution < -0.4 is 0 Å². The predicted molar refractivity (Wildman–Crippen MR) is 195 cm³/mol. The van der Waals surface area contributed by atoms with Gasteiger partial charge in [-0.25, -0.2) is 15.0 Å². The molecule has 1 aliphatic rings. The van der Waals surface area contributed by atoms with Gasteiger partial charge in [0.1, 0.15) is 22.3 Å². The summed E-state index contributed by atoms with van der Waals surface area (Å²) in [6, 6.07) is 41.6. The molecule has 0 saturated carbocycles. The fourth-order valence-electron chi connectivity index (χ4n) is 7.13. The first-order valence-electron chi connectivity index (χ1n) is 16.3. The Morgan fingerprint density at radius 3 is 2.04 bits per heavy atom. The molecule has 0 N–H and O–H groups in total. The van der Waals surface area contributed by atoms with Gasteiger partial charge in [-0.1, -0.05) is 109 Å². The molecule has 3 heterocycles. The van der Waals surface area contributed by atoms with E-state index in [0.29, 0.717) is 17.5 Å². The van der Waals surface area contributed by atoms with Crippen LogP contribution in [0.15, 0.2) is 148 Å². The summed E-state index contributed by atoms with van der Waals surface area (Å²) in [6.07, 6.45) is 8.49. The van der Waals surface area contributed by atoms with Crippen molar-refractivity contribution in [2.75, 3.05) is 0 Å². The van der Waals surface area contributed by atoms with Gasteiger partial charge < -0.3 is 8.83 Å². The molecule has 0 atom stereocenters. The van der Waals surface area contributed by atoms with Gasteiger partial charge in [-0.2, -0.15) is 0 Å². The second-order valence-electron chi connectivity index (χ2n) is 12.2. The second-order valence-corrected chi connectivity index (χ2v) is 12.2. The van der Waals surface area contributed by atoms with Crippen LogP contribution in [0.25, 0.3) is 94.1 Å². The van der Waals surface area contributed by atoms with Crippen LogP contribution in [0, 0.1) is 0 Å². The fraction of sp³-hybridized carbons (Fsp3) is 0.0465. The molecule has 0 amide bonds. The molecular weight excluding hydrogens is 590 g/mol. The Labute approximate surface area is 275 Å². The van der Waals surface area contributed by atoms with Crippen LogP contribution in [-0.4, -0.2) is 15.0 Å². The Bertz CT molecular complexity index is 2790. The maximum atomic E-state index is 6.57. The van der Waals surface area contributed by atoms with E-state index in [4.69, 9.17) is 23.8 Å². The molecule has 3 aromatic heterocycles. The standard InChI is InChI=1S/C43H27N3O2/c1-3-12-26(13-4-1)41-44-42(27-14-5-2-6-15-27)46-43(45-41)33-19-11-21-36-40(33)32-23-22-28(24-37(32)48-36)34-25-38-39(30-17-8-7-16-29(30)34)31-18-9-10-20-35(31)47-38/h1,3-5,7-25H,2,6H2. The second kappa shape index (κ2) is 10.6. The van der Waals surface area contributed by atoms with Crippen molar-refractivity contribution in [2.24, 2.45) is 0 Å². The molecule has 0 saturated heterocycles. The Balaban J connectivity index is 1.17. The summed E-state index contributed by atoms with van der Waals surface area (Å²) in [6.45, 7) is 0. The molecule has 1 aliphatic carbocycles. The minimum absolute atomic E-state index is 0.623. The largest absolute Gasteiger partial charge is 0.456 e. The van der Waals surface area contributed by atoms with Crippen molar-refractivity contribution < 1.29 is 8.83 Å². The Morgan fingerprint density at radius 1 is 0.438 bits per heavy atom. The molecule has 0 radical (unpaired) electrons. The number of hydrogen-bond donors (Lipinski definition) is 0. The summed E-state index contributed by atoms with van der Waals surface area (Å²) in [5, 5.41) is 6.61. The van der Waals surface area contributed by atoms with E-state index in [1.807, 2.05) is 54.6 Å². The number of allylic oxidation sites excluding steroid dienone is 4. The molecule has 0 fully saturated rings. The Hall–Kier alpha value is -6.33. The number of hydrogen-bond acceptors (Lipinski definition) is 5. The summed E-state index contributed by atoms with van der Waals surface area (Å²) in [5.74, 6) is 1.95. The van der Waals surface area contributed by atoms with Crippen molar-refractivity contribution in [2.45, 2.75) is 12.8 Å². The first-order valence-corrected chi connectivity index (χ1v) is 16.3. The average molecular weight is 618 g/mol. The minimum Gasteiger partial charge on any atom is -0.456 e. The molecule has 5 heteroatoms. The molecule has 226 valence electrons. The third kappa shape index (κ3) is 4.21. The van der Waals surface area contributed by atoms with Crippen molar-refractivity contribution in [3.63, 3.8) is 0 Å². The van der Waals surface area contributed by atoms with Crippen LogP contribution in [0.3, 0.4) is 0 Å². The number of furan rings is 2. The monoisotopic (exact) mass is 617 g/mol. The first kappa shape index (κ1) is 26.8. The summed E-state index contributed by atoms with van der Waals surface area (Å²) >= 11 is 0. The van der Waals surface area contributed by atoms with Crippen LogP contribution in [-0.2, 0) is 0 Å². The zero-order chi connectivity index (χ0) is 31.6. The molecule has 5 nitrogen and oxygen atoms in total. The van der Waals surface area contributed by atoms with Gasteiger partial charge in [-0.05, 0) is 65.1 Å². The van der Waals surface area contributed by atoms with Crippen LogP contribution in [0.2, 0.25) is 0 Å². The normalized spacial score (nSPS) is 13.3. The van der Waals surface area contributed by atoms with E-state index in [2.05, 4.69) is 85.0 Å². The molecular formula is C43H27N3O2. The maximum absolute atomic E-state index is 6.57. The number of fused-ring (bicyclic) bond motifs is 8. The molecule has 0 spiro atoms. The first-order chi connectivity index (χ1) is 23.8. The van der Waals surface area contributed by atoms with E-state index in [1.54, 1.807) is 0 Å². The predicted octanol–water partition coefficient (Wildman–Crippen LogP) is 11.6. The highest BCUT2D eigenvalue weighted by atomic mass is 16.3. The van der Waals surface area contributed by atoms with Crippen molar-refractivity contribution in [1.29, 1.82) is 0 Å². The topological polar surface area (TPSA) is 65.0 Å². The summed E-state index contributed by atoms with van der Waals surface area (Å²) in [4.78, 5) is 15.0. The zero-order valence-corrected chi connectivity index (χ0v) is 25.9. The van der Waals surface area contributed by atoms with Gasteiger partial charge in [0, 0.05) is 38.2 Å². The lowest BCUT2D eigenvalue weighted by Gasteiger charge is -2.11. The van der Waals surface area contributed by atoms with Crippen molar-refractivity contribution in [3.05, 3.63) is 145 Å². The number of nitrogens with zero attached hydrogens (tertiary/aromatic N) is 3. The Kier molecular flexibility index (Phi) is 5.93. The quantitative estimate of drug-likeness (QED) is 0.197. The molecule has 9 aromatic rings. The van der Waals surface area contributed by atoms with E-state index in [0.717, 1.165) is 84.5 Å². The number of para-hydroxylation sites is 1. The molecule has 0 aliphatic heterocycles. The molecule has 0 unspecified atom stereocenters. The van der Waals surface area contributed by atoms with Crippen LogP contribution >= 0.6 is 0 Å². The van der Waals surface area contributed by atoms with Gasteiger partial charge in [0.15, 0.2) is 17.5 Å². The fourth-order valence-corrected chi connectivity index (χ4v) is 7.13. The van der Waals surface area contributed by atoms with Gasteiger partial charge in [0.2, 0.25) is 0 Å². The maximum Gasteiger partial charge on any atom is 0.164 e. The smallest absolute Gasteiger partial charge is 0.164 e. The molecule has 48 heavy (non-hydrogen) atoms. The highest BCUT2D eigenvalue weighted by molar-refractivity contribution is 6.22. The number of rotatable bonds is 4. The van der Waals surface area contributed by atoms with Gasteiger partial charge in [0.05, 0.1) is 0 Å². The van der Waals surface area contributed by atoms with E-state index in [1.165, 1.54) is 10.8 Å². The number of benzene rings is 6. The summed E-state index contributed by atoms with van der Waals surface area (Å²) < 4.78 is 12.9. The van der Waals surface area contributed by atoms with E-state index >= 15 is 0 Å². The van der Waals surface area contributed by atoms with Gasteiger partial charge in [0.25, 0.3) is 0 Å². The van der Waals surface area contributed by atoms with Crippen molar-refractivity contribution >= 4 is 60.2 Å². The third-order valence-electron chi connectivity index (χ3n) is 9.35. The van der Waals surface area contributed by atoms with Gasteiger partial charge in [-0.15, -0.1) is 0 Å². The minimum atomic E-state index is 0.623. The zero-order valence-electron chi connectivity index (χ0n) is 25.9. The van der Waals surface area contributed by atoms with E-state index in [-0.39, 0.29) is 0 Å². The lowest BCUT2D eigenvalue weighted by molar-refractivity contribution is 0.668. The van der Waals surface area contributed by atoms with E-state index < -0.39 is 0 Å². The lowest BCUT2D eigenvalue weighted by Crippen LogP contribution is -2.03. The highest BCUT2D eigenvalue weighted by Crippen LogP contribution is 2.42. The van der Waals surface area contributed by atoms with Gasteiger partial charge >= 0.3 is 0 Å². The van der Waals surface area contributed by atoms with Gasteiger partial charge in [-0.3, -0.25) is 0 Å². The van der Waals surface area contributed by atoms with Crippen molar-refractivity contribution in [3.8, 4) is 33.9 Å². The molecule has 10 rings (SSSR count). The third-order valence-corrected chi connectivity index (χ3v) is 9.35. The van der Waals surface area contributed by atoms with Crippen LogP contribution in [0.1, 0.15) is 18.7 Å². The van der Waals surface area contributed by atoms with Crippen LogP contribution in [0.4, 0.5) is 0 Å². The molecule has 6 aromatic carbocycles.